The van der Waals surface area contributed by atoms with Crippen LogP contribution in [-0.4, -0.2) is 23.6 Å². The lowest BCUT2D eigenvalue weighted by Crippen LogP contribution is -2.70. The minimum atomic E-state index is -0.798. The van der Waals surface area contributed by atoms with E-state index in [1.165, 1.54) is 0 Å². The third-order valence-electron chi connectivity index (χ3n) is 6.66. The van der Waals surface area contributed by atoms with Crippen LogP contribution in [0.3, 0.4) is 0 Å². The van der Waals surface area contributed by atoms with Gasteiger partial charge in [-0.05, 0) is 38.5 Å². The highest BCUT2D eigenvalue weighted by molar-refractivity contribution is 5.74. The molecule has 4 saturated heterocycles. The molecule has 1 aliphatic carbocycles. The van der Waals surface area contributed by atoms with Gasteiger partial charge < -0.3 is 9.47 Å². The summed E-state index contributed by atoms with van der Waals surface area (Å²) in [6, 6.07) is 0. The van der Waals surface area contributed by atoms with Gasteiger partial charge in [-0.3, -0.25) is 4.79 Å². The van der Waals surface area contributed by atoms with Gasteiger partial charge >= 0.3 is 5.97 Å². The minimum Gasteiger partial charge on any atom is -0.432 e. The monoisotopic (exact) mass is 324 g/mol. The van der Waals surface area contributed by atoms with Gasteiger partial charge in [0.1, 0.15) is 0 Å². The summed E-state index contributed by atoms with van der Waals surface area (Å²) < 4.78 is 11.9. The highest BCUT2D eigenvalue weighted by Gasteiger charge is 2.70. The molecule has 2 bridgehead atoms. The molecule has 0 aromatic rings. The number of hydrogen-bond donors (Lipinski definition) is 0. The van der Waals surface area contributed by atoms with Crippen LogP contribution in [0.5, 0.6) is 0 Å². The molecule has 0 radical (unpaired) electrons. The summed E-state index contributed by atoms with van der Waals surface area (Å²) in [5.41, 5.74) is -0.611. The van der Waals surface area contributed by atoms with Crippen molar-refractivity contribution in [1.82, 2.24) is 0 Å². The van der Waals surface area contributed by atoms with Crippen molar-refractivity contribution in [1.29, 1.82) is 0 Å². The van der Waals surface area contributed by atoms with Crippen LogP contribution in [0, 0.1) is 23.7 Å². The molecule has 5 fully saturated rings. The summed E-state index contributed by atoms with van der Waals surface area (Å²) in [6.45, 7) is 6.32. The van der Waals surface area contributed by atoms with E-state index < -0.39 is 17.7 Å². The molecule has 0 amide bonds. The van der Waals surface area contributed by atoms with Crippen LogP contribution in [0.15, 0.2) is 0 Å². The first-order valence-electron chi connectivity index (χ1n) is 9.25. The predicted molar refractivity (Wildman–Crippen MR) is 81.9 cm³/mol. The number of rotatable bonds is 3. The number of carbonyl (C=O) groups is 1. The zero-order valence-electron chi connectivity index (χ0n) is 14.4. The SMILES string of the molecule is CCCC[C@@H]1C(=O)O[C@@H]2O[C@]3(C)CC[C@H]4[C@H](C)CC[C@@H]1[C@@]24OO3. The van der Waals surface area contributed by atoms with Crippen molar-refractivity contribution in [3.05, 3.63) is 0 Å². The number of esters is 1. The molecule has 1 spiro atoms. The summed E-state index contributed by atoms with van der Waals surface area (Å²) >= 11 is 0. The lowest BCUT2D eigenvalue weighted by atomic mass is 9.57. The van der Waals surface area contributed by atoms with Gasteiger partial charge in [0, 0.05) is 18.3 Å². The van der Waals surface area contributed by atoms with Crippen molar-refractivity contribution < 1.29 is 24.0 Å². The fourth-order valence-electron chi connectivity index (χ4n) is 5.36. The highest BCUT2D eigenvalue weighted by atomic mass is 17.3. The lowest BCUT2D eigenvalue weighted by molar-refractivity contribution is -0.559. The maximum atomic E-state index is 12.6. The van der Waals surface area contributed by atoms with Gasteiger partial charge in [-0.2, -0.15) is 0 Å². The van der Waals surface area contributed by atoms with Crippen molar-refractivity contribution in [2.75, 3.05) is 0 Å². The first-order chi connectivity index (χ1) is 11.0. The number of carbonyl (C=O) groups excluding carboxylic acids is 1. The second kappa shape index (κ2) is 5.43. The van der Waals surface area contributed by atoms with E-state index in [4.69, 9.17) is 19.2 Å². The number of ether oxygens (including phenoxy) is 2. The molecule has 0 unspecified atom stereocenters. The molecule has 0 N–H and O–H groups in total. The van der Waals surface area contributed by atoms with Gasteiger partial charge in [0.05, 0.1) is 5.92 Å². The van der Waals surface area contributed by atoms with Crippen molar-refractivity contribution in [3.63, 3.8) is 0 Å². The van der Waals surface area contributed by atoms with E-state index in [-0.39, 0.29) is 17.8 Å². The topological polar surface area (TPSA) is 54.0 Å². The summed E-state index contributed by atoms with van der Waals surface area (Å²) in [7, 11) is 0. The van der Waals surface area contributed by atoms with Crippen LogP contribution < -0.4 is 0 Å². The Kier molecular flexibility index (Phi) is 3.74. The molecule has 0 aromatic carbocycles. The van der Waals surface area contributed by atoms with E-state index in [9.17, 15) is 4.79 Å². The third-order valence-corrected chi connectivity index (χ3v) is 6.66. The molecule has 4 aliphatic heterocycles. The van der Waals surface area contributed by atoms with Gasteiger partial charge in [-0.1, -0.05) is 26.7 Å². The Balaban J connectivity index is 1.74. The van der Waals surface area contributed by atoms with Gasteiger partial charge in [-0.15, -0.1) is 0 Å². The van der Waals surface area contributed by atoms with Gasteiger partial charge in [-0.25, -0.2) is 9.78 Å². The largest absolute Gasteiger partial charge is 0.432 e. The van der Waals surface area contributed by atoms with E-state index in [0.717, 1.165) is 44.9 Å². The van der Waals surface area contributed by atoms with Gasteiger partial charge in [0.2, 0.25) is 12.1 Å². The normalized spacial score (nSPS) is 51.8. The van der Waals surface area contributed by atoms with Crippen LogP contribution in [0.4, 0.5) is 0 Å². The van der Waals surface area contributed by atoms with E-state index >= 15 is 0 Å². The molecule has 5 nitrogen and oxygen atoms in total. The summed E-state index contributed by atoms with van der Waals surface area (Å²) in [5, 5.41) is 0. The highest BCUT2D eigenvalue weighted by Crippen LogP contribution is 2.60. The molecule has 130 valence electrons. The molecule has 5 rings (SSSR count). The second-order valence-electron chi connectivity index (χ2n) is 8.10. The smallest absolute Gasteiger partial charge is 0.311 e. The Morgan fingerprint density at radius 1 is 1.17 bits per heavy atom. The molecule has 1 saturated carbocycles. The molecular formula is C18H28O5. The first kappa shape index (κ1) is 15.9. The lowest BCUT2D eigenvalue weighted by Gasteiger charge is -2.58. The van der Waals surface area contributed by atoms with Crippen molar-refractivity contribution in [2.24, 2.45) is 23.7 Å². The quantitative estimate of drug-likeness (QED) is 0.587. The fourth-order valence-corrected chi connectivity index (χ4v) is 5.36. The second-order valence-corrected chi connectivity index (χ2v) is 8.10. The Morgan fingerprint density at radius 3 is 2.78 bits per heavy atom. The maximum absolute atomic E-state index is 12.6. The standard InChI is InChI=1S/C18H28O5/c1-4-5-6-12-14-8-7-11(2)13-9-10-17(3)21-16(20-15(12)19)18(13,14)23-22-17/h11-14,16H,4-10H2,1-3H3/t11-,12+,13+,14+,16-,17+,18-/m1/s1. The molecule has 7 atom stereocenters. The maximum Gasteiger partial charge on any atom is 0.311 e. The Morgan fingerprint density at radius 2 is 2.00 bits per heavy atom. The predicted octanol–water partition coefficient (Wildman–Crippen LogP) is 3.57. The third kappa shape index (κ3) is 2.19. The molecular weight excluding hydrogens is 296 g/mol. The summed E-state index contributed by atoms with van der Waals surface area (Å²) in [4.78, 5) is 24.4. The van der Waals surface area contributed by atoms with Crippen LogP contribution in [0.2, 0.25) is 0 Å². The molecule has 23 heavy (non-hydrogen) atoms. The van der Waals surface area contributed by atoms with Crippen LogP contribution in [0.1, 0.15) is 65.7 Å². The van der Waals surface area contributed by atoms with Gasteiger partial charge in [0.25, 0.3) is 0 Å². The molecule has 4 heterocycles. The van der Waals surface area contributed by atoms with E-state index in [2.05, 4.69) is 13.8 Å². The average Bonchev–Trinajstić information content (AvgIpc) is 2.74. The van der Waals surface area contributed by atoms with Crippen molar-refractivity contribution in [3.8, 4) is 0 Å². The summed E-state index contributed by atoms with van der Waals surface area (Å²) in [6.07, 6.45) is 6.28. The summed E-state index contributed by atoms with van der Waals surface area (Å²) in [5.74, 6) is 0.0126. The number of hydrogen-bond acceptors (Lipinski definition) is 5. The van der Waals surface area contributed by atoms with Crippen LogP contribution >= 0.6 is 0 Å². The molecule has 5 aliphatic rings. The Labute approximate surface area is 137 Å². The number of fused-ring (bicyclic) bond motifs is 2. The number of unbranched alkanes of at least 4 members (excludes halogenated alkanes) is 1. The Hall–Kier alpha value is -0.650. The van der Waals surface area contributed by atoms with Crippen LogP contribution in [0.25, 0.3) is 0 Å². The van der Waals surface area contributed by atoms with Crippen molar-refractivity contribution >= 4 is 5.97 Å². The fraction of sp³-hybridized carbons (Fsp3) is 0.944. The van der Waals surface area contributed by atoms with Gasteiger partial charge in [0.15, 0.2) is 5.60 Å². The first-order valence-corrected chi connectivity index (χ1v) is 9.25. The zero-order valence-corrected chi connectivity index (χ0v) is 14.4. The average molecular weight is 324 g/mol. The Bertz CT molecular complexity index is 494. The zero-order chi connectivity index (χ0) is 16.2. The van der Waals surface area contributed by atoms with Crippen molar-refractivity contribution in [2.45, 2.75) is 83.4 Å². The molecule has 0 aromatic heterocycles. The van der Waals surface area contributed by atoms with E-state index in [0.29, 0.717) is 11.8 Å². The van der Waals surface area contributed by atoms with E-state index in [1.54, 1.807) is 0 Å². The molecule has 5 heteroatoms. The van der Waals surface area contributed by atoms with E-state index in [1.807, 2.05) is 6.92 Å². The minimum absolute atomic E-state index is 0.0872. The van der Waals surface area contributed by atoms with Crippen LogP contribution in [-0.2, 0) is 24.0 Å².